The van der Waals surface area contributed by atoms with Gasteiger partial charge in [-0.2, -0.15) is 0 Å². The van der Waals surface area contributed by atoms with Crippen molar-refractivity contribution in [2.75, 3.05) is 7.11 Å². The standard InChI is InChI=1S/C25H26N6O2/c1-17-14-27-6-5-23(17)19-10-18(16-31-9-8-30(2)25(31)26)11-20(12-19)24(32)29-15-21-13-22(33-3)4-7-28-21/h4-14,26H,15-16H2,1-3H3,(H,29,32). The van der Waals surface area contributed by atoms with Gasteiger partial charge >= 0.3 is 0 Å². The largest absolute Gasteiger partial charge is 0.497 e. The van der Waals surface area contributed by atoms with E-state index in [1.165, 1.54) is 0 Å². The van der Waals surface area contributed by atoms with Crippen LogP contribution in [0.3, 0.4) is 0 Å². The number of nitrogens with one attached hydrogen (secondary N) is 2. The summed E-state index contributed by atoms with van der Waals surface area (Å²) in [5, 5.41) is 11.2. The minimum absolute atomic E-state index is 0.196. The van der Waals surface area contributed by atoms with Crippen LogP contribution in [0.15, 0.2) is 67.4 Å². The Hall–Kier alpha value is -4.20. The van der Waals surface area contributed by atoms with Crippen molar-refractivity contribution >= 4 is 5.91 Å². The smallest absolute Gasteiger partial charge is 0.251 e. The molecule has 0 atom stereocenters. The summed E-state index contributed by atoms with van der Waals surface area (Å²) in [6.07, 6.45) is 8.91. The topological polar surface area (TPSA) is 97.8 Å². The molecule has 4 aromatic rings. The number of methoxy groups -OCH3 is 1. The number of aryl methyl sites for hydroxylation is 2. The van der Waals surface area contributed by atoms with Crippen molar-refractivity contribution in [1.29, 1.82) is 5.41 Å². The predicted molar refractivity (Wildman–Crippen MR) is 125 cm³/mol. The molecule has 0 spiro atoms. The predicted octanol–water partition coefficient (Wildman–Crippen LogP) is 3.06. The first-order valence-corrected chi connectivity index (χ1v) is 10.5. The monoisotopic (exact) mass is 442 g/mol. The van der Waals surface area contributed by atoms with Crippen molar-refractivity contribution in [3.8, 4) is 16.9 Å². The Kier molecular flexibility index (Phi) is 6.35. The van der Waals surface area contributed by atoms with Gasteiger partial charge in [-0.25, -0.2) is 0 Å². The molecule has 0 fully saturated rings. The van der Waals surface area contributed by atoms with Crippen molar-refractivity contribution in [1.82, 2.24) is 24.4 Å². The number of amides is 1. The molecule has 0 bridgehead atoms. The Morgan fingerprint density at radius 2 is 2.00 bits per heavy atom. The number of rotatable bonds is 7. The highest BCUT2D eigenvalue weighted by Gasteiger charge is 2.13. The Labute approximate surface area is 192 Å². The molecule has 1 amide bonds. The molecule has 0 unspecified atom stereocenters. The van der Waals surface area contributed by atoms with Crippen LogP contribution in [0.1, 0.15) is 27.2 Å². The molecular formula is C25H26N6O2. The molecular weight excluding hydrogens is 416 g/mol. The first-order chi connectivity index (χ1) is 15.9. The summed E-state index contributed by atoms with van der Waals surface area (Å²) in [6.45, 7) is 2.76. The summed E-state index contributed by atoms with van der Waals surface area (Å²) in [7, 11) is 3.43. The summed E-state index contributed by atoms with van der Waals surface area (Å²) in [5.41, 5.74) is 5.54. The van der Waals surface area contributed by atoms with Crippen molar-refractivity contribution in [2.45, 2.75) is 20.0 Å². The highest BCUT2D eigenvalue weighted by molar-refractivity contribution is 5.95. The van der Waals surface area contributed by atoms with Crippen LogP contribution in [0.25, 0.3) is 11.1 Å². The zero-order valence-corrected chi connectivity index (χ0v) is 18.9. The van der Waals surface area contributed by atoms with Gasteiger partial charge in [0.1, 0.15) is 5.75 Å². The second-order valence-corrected chi connectivity index (χ2v) is 7.84. The van der Waals surface area contributed by atoms with Crippen molar-refractivity contribution in [3.05, 3.63) is 95.4 Å². The third kappa shape index (κ3) is 5.01. The van der Waals surface area contributed by atoms with E-state index >= 15 is 0 Å². The molecule has 1 aromatic carbocycles. The lowest BCUT2D eigenvalue weighted by molar-refractivity contribution is 0.0950. The number of hydrogen-bond acceptors (Lipinski definition) is 5. The third-order valence-corrected chi connectivity index (χ3v) is 5.47. The maximum atomic E-state index is 13.1. The fourth-order valence-electron chi connectivity index (χ4n) is 3.67. The van der Waals surface area contributed by atoms with Gasteiger partial charge in [0.15, 0.2) is 0 Å². The van der Waals surface area contributed by atoms with E-state index in [0.29, 0.717) is 29.2 Å². The maximum absolute atomic E-state index is 13.1. The molecule has 2 N–H and O–H groups in total. The van der Waals surface area contributed by atoms with Crippen molar-refractivity contribution in [3.63, 3.8) is 0 Å². The number of ether oxygens (including phenoxy) is 1. The number of nitrogens with zero attached hydrogens (tertiary/aromatic N) is 4. The molecule has 4 rings (SSSR count). The third-order valence-electron chi connectivity index (χ3n) is 5.47. The number of aromatic nitrogens is 4. The zero-order valence-electron chi connectivity index (χ0n) is 18.9. The molecule has 168 valence electrons. The van der Waals surface area contributed by atoms with Gasteiger partial charge in [0.25, 0.3) is 5.91 Å². The average Bonchev–Trinajstić information content (AvgIpc) is 3.15. The SMILES string of the molecule is COc1ccnc(CNC(=O)c2cc(Cn3ccn(C)c3=N)cc(-c3ccncc3C)c2)c1. The number of imidazole rings is 1. The average molecular weight is 443 g/mol. The number of carbonyl (C=O) groups is 1. The van der Waals surface area contributed by atoms with Crippen LogP contribution >= 0.6 is 0 Å². The van der Waals surface area contributed by atoms with Crippen LogP contribution in [0.2, 0.25) is 0 Å². The molecule has 0 radical (unpaired) electrons. The van der Waals surface area contributed by atoms with E-state index in [-0.39, 0.29) is 12.5 Å². The van der Waals surface area contributed by atoms with Gasteiger partial charge in [-0.05, 0) is 59.5 Å². The quantitative estimate of drug-likeness (QED) is 0.460. The zero-order chi connectivity index (χ0) is 23.4. The molecule has 0 aliphatic rings. The molecule has 0 aliphatic carbocycles. The molecule has 0 aliphatic heterocycles. The highest BCUT2D eigenvalue weighted by Crippen LogP contribution is 2.25. The molecule has 3 heterocycles. The van der Waals surface area contributed by atoms with E-state index in [1.807, 2.05) is 55.3 Å². The normalized spacial score (nSPS) is 10.8. The number of pyridine rings is 2. The Balaban J connectivity index is 1.66. The van der Waals surface area contributed by atoms with E-state index < -0.39 is 0 Å². The van der Waals surface area contributed by atoms with Gasteiger partial charge in [-0.1, -0.05) is 0 Å². The van der Waals surface area contributed by atoms with Crippen LogP contribution in [0, 0.1) is 12.3 Å². The summed E-state index contributed by atoms with van der Waals surface area (Å²) in [5.74, 6) is 0.497. The Morgan fingerprint density at radius 3 is 2.73 bits per heavy atom. The maximum Gasteiger partial charge on any atom is 0.251 e. The molecule has 0 saturated heterocycles. The van der Waals surface area contributed by atoms with E-state index in [9.17, 15) is 4.79 Å². The summed E-state index contributed by atoms with van der Waals surface area (Å²) in [6, 6.07) is 11.3. The number of benzene rings is 1. The van der Waals surface area contributed by atoms with Crippen molar-refractivity contribution < 1.29 is 9.53 Å². The van der Waals surface area contributed by atoms with Gasteiger partial charge in [-0.15, -0.1) is 0 Å². The lowest BCUT2D eigenvalue weighted by Gasteiger charge is -2.13. The van der Waals surface area contributed by atoms with E-state index in [4.69, 9.17) is 10.1 Å². The summed E-state index contributed by atoms with van der Waals surface area (Å²) < 4.78 is 8.80. The van der Waals surface area contributed by atoms with Gasteiger partial charge in [0.05, 0.1) is 25.9 Å². The van der Waals surface area contributed by atoms with E-state index in [1.54, 1.807) is 36.2 Å². The van der Waals surface area contributed by atoms with Gasteiger partial charge in [0.2, 0.25) is 5.62 Å². The van der Waals surface area contributed by atoms with Crippen molar-refractivity contribution in [2.24, 2.45) is 7.05 Å². The fourth-order valence-corrected chi connectivity index (χ4v) is 3.67. The fraction of sp³-hybridized carbons (Fsp3) is 0.200. The summed E-state index contributed by atoms with van der Waals surface area (Å²) >= 11 is 0. The van der Waals surface area contributed by atoms with E-state index in [0.717, 1.165) is 22.3 Å². The summed E-state index contributed by atoms with van der Waals surface area (Å²) in [4.78, 5) is 21.6. The Bertz CT molecular complexity index is 1360. The minimum atomic E-state index is -0.196. The van der Waals surface area contributed by atoms with E-state index in [2.05, 4.69) is 21.4 Å². The second-order valence-electron chi connectivity index (χ2n) is 7.84. The molecule has 0 saturated carbocycles. The number of carbonyl (C=O) groups excluding carboxylic acids is 1. The molecule has 3 aromatic heterocycles. The molecule has 8 nitrogen and oxygen atoms in total. The van der Waals surface area contributed by atoms with Crippen LogP contribution < -0.4 is 15.7 Å². The van der Waals surface area contributed by atoms with Crippen LogP contribution in [-0.2, 0) is 20.1 Å². The second kappa shape index (κ2) is 9.52. The number of hydrogen-bond donors (Lipinski definition) is 2. The van der Waals surface area contributed by atoms with Gasteiger partial charge in [0, 0.05) is 49.7 Å². The highest BCUT2D eigenvalue weighted by atomic mass is 16.5. The molecule has 33 heavy (non-hydrogen) atoms. The lowest BCUT2D eigenvalue weighted by atomic mass is 9.97. The molecule has 8 heteroatoms. The van der Waals surface area contributed by atoms with Crippen LogP contribution in [-0.4, -0.2) is 32.1 Å². The Morgan fingerprint density at radius 1 is 1.15 bits per heavy atom. The minimum Gasteiger partial charge on any atom is -0.497 e. The first kappa shape index (κ1) is 22.0. The lowest BCUT2D eigenvalue weighted by Crippen LogP contribution is -2.24. The van der Waals surface area contributed by atoms with Gasteiger partial charge in [-0.3, -0.25) is 20.2 Å². The van der Waals surface area contributed by atoms with Crippen LogP contribution in [0.4, 0.5) is 0 Å². The first-order valence-electron chi connectivity index (χ1n) is 10.5. The van der Waals surface area contributed by atoms with Gasteiger partial charge < -0.3 is 19.2 Å². The van der Waals surface area contributed by atoms with Crippen LogP contribution in [0.5, 0.6) is 5.75 Å².